The van der Waals surface area contributed by atoms with Crippen molar-refractivity contribution in [1.29, 1.82) is 0 Å². The summed E-state index contributed by atoms with van der Waals surface area (Å²) in [5, 5.41) is 14.5. The van der Waals surface area contributed by atoms with Crippen LogP contribution >= 0.6 is 0 Å². The lowest BCUT2D eigenvalue weighted by molar-refractivity contribution is -0.139. The number of fused-ring (bicyclic) bond motifs is 3. The van der Waals surface area contributed by atoms with Gasteiger partial charge in [-0.05, 0) is 41.8 Å². The molecule has 8 nitrogen and oxygen atoms in total. The van der Waals surface area contributed by atoms with Crippen LogP contribution in [-0.4, -0.2) is 67.8 Å². The summed E-state index contributed by atoms with van der Waals surface area (Å²) in [4.78, 5) is 38.3. The van der Waals surface area contributed by atoms with Gasteiger partial charge in [0.1, 0.15) is 12.6 Å². The molecule has 1 atom stereocenters. The number of amides is 2. The van der Waals surface area contributed by atoms with E-state index < -0.39 is 23.5 Å². The number of carbonyl (C=O) groups is 3. The van der Waals surface area contributed by atoms with Crippen molar-refractivity contribution in [2.75, 3.05) is 33.8 Å². The molecule has 0 bridgehead atoms. The highest BCUT2D eigenvalue weighted by Gasteiger charge is 2.30. The summed E-state index contributed by atoms with van der Waals surface area (Å²) in [6.07, 6.45) is -0.750. The molecule has 0 heterocycles. The number of carbonyl (C=O) groups excluding carboxylic acids is 2. The lowest BCUT2D eigenvalue weighted by Gasteiger charge is -2.26. The van der Waals surface area contributed by atoms with Gasteiger partial charge in [0.05, 0.1) is 6.42 Å². The van der Waals surface area contributed by atoms with Crippen LogP contribution in [0.4, 0.5) is 4.79 Å². The monoisotopic (exact) mass is 467 g/mol. The molecule has 1 aliphatic carbocycles. The van der Waals surface area contributed by atoms with E-state index >= 15 is 0 Å². The predicted molar refractivity (Wildman–Crippen MR) is 130 cm³/mol. The Kier molecular flexibility index (Phi) is 7.94. The SMILES string of the molecule is CN(C)CC(NC(=O)OCC1c2ccccc2-c2ccccc21)C(=O)NCC(C)(C)CC(=O)O. The van der Waals surface area contributed by atoms with E-state index in [-0.39, 0.29) is 37.9 Å². The van der Waals surface area contributed by atoms with Gasteiger partial charge in [-0.3, -0.25) is 9.59 Å². The van der Waals surface area contributed by atoms with Crippen molar-refractivity contribution in [3.63, 3.8) is 0 Å². The van der Waals surface area contributed by atoms with Crippen molar-refractivity contribution in [2.24, 2.45) is 5.41 Å². The lowest BCUT2D eigenvalue weighted by Crippen LogP contribution is -2.53. The van der Waals surface area contributed by atoms with Gasteiger partial charge in [0.2, 0.25) is 5.91 Å². The standard InChI is InChI=1S/C26H33N3O5/c1-26(2,13-23(30)31)16-27-24(32)22(14-29(3)4)28-25(33)34-15-21-19-11-7-5-9-17(19)18-10-6-8-12-20(18)21/h5-12,21-22H,13-16H2,1-4H3,(H,27,32)(H,28,33)(H,30,31). The smallest absolute Gasteiger partial charge is 0.407 e. The number of alkyl carbamates (subject to hydrolysis) is 1. The molecule has 0 radical (unpaired) electrons. The van der Waals surface area contributed by atoms with Crippen molar-refractivity contribution in [3.05, 3.63) is 59.7 Å². The van der Waals surface area contributed by atoms with Crippen LogP contribution in [0.25, 0.3) is 11.1 Å². The number of benzene rings is 2. The van der Waals surface area contributed by atoms with E-state index in [0.717, 1.165) is 22.3 Å². The third-order valence-electron chi connectivity index (χ3n) is 5.87. The number of aliphatic carboxylic acids is 1. The van der Waals surface area contributed by atoms with Crippen molar-refractivity contribution in [3.8, 4) is 11.1 Å². The molecule has 3 rings (SSSR count). The molecular weight excluding hydrogens is 434 g/mol. The first-order chi connectivity index (χ1) is 16.1. The second kappa shape index (κ2) is 10.7. The highest BCUT2D eigenvalue weighted by atomic mass is 16.5. The van der Waals surface area contributed by atoms with Gasteiger partial charge in [-0.25, -0.2) is 4.79 Å². The van der Waals surface area contributed by atoms with Gasteiger partial charge in [-0.1, -0.05) is 62.4 Å². The molecule has 0 aromatic heterocycles. The van der Waals surface area contributed by atoms with E-state index in [1.807, 2.05) is 36.4 Å². The van der Waals surface area contributed by atoms with Crippen molar-refractivity contribution < 1.29 is 24.2 Å². The van der Waals surface area contributed by atoms with Crippen LogP contribution in [0.1, 0.15) is 37.3 Å². The van der Waals surface area contributed by atoms with Gasteiger partial charge in [-0.15, -0.1) is 0 Å². The molecule has 1 unspecified atom stereocenters. The molecule has 3 N–H and O–H groups in total. The second-order valence-corrected chi connectivity index (χ2v) is 9.74. The van der Waals surface area contributed by atoms with Gasteiger partial charge in [0.15, 0.2) is 0 Å². The minimum absolute atomic E-state index is 0.0731. The summed E-state index contributed by atoms with van der Waals surface area (Å²) in [6.45, 7) is 4.13. The molecule has 0 saturated heterocycles. The number of hydrogen-bond donors (Lipinski definition) is 3. The first kappa shape index (κ1) is 25.2. The average Bonchev–Trinajstić information content (AvgIpc) is 3.08. The number of rotatable bonds is 10. The van der Waals surface area contributed by atoms with E-state index in [2.05, 4.69) is 22.8 Å². The first-order valence-electron chi connectivity index (χ1n) is 11.3. The molecule has 0 aliphatic heterocycles. The Hall–Kier alpha value is -3.39. The molecule has 2 amide bonds. The average molecular weight is 468 g/mol. The Morgan fingerprint density at radius 3 is 2.12 bits per heavy atom. The molecule has 0 saturated carbocycles. The zero-order valence-electron chi connectivity index (χ0n) is 20.1. The number of nitrogens with one attached hydrogen (secondary N) is 2. The number of ether oxygens (including phenoxy) is 1. The molecule has 34 heavy (non-hydrogen) atoms. The number of carboxylic acids is 1. The van der Waals surface area contributed by atoms with Crippen LogP contribution in [0.3, 0.4) is 0 Å². The highest BCUT2D eigenvalue weighted by Crippen LogP contribution is 2.44. The Balaban J connectivity index is 1.62. The second-order valence-electron chi connectivity index (χ2n) is 9.74. The zero-order valence-corrected chi connectivity index (χ0v) is 20.1. The van der Waals surface area contributed by atoms with Gasteiger partial charge in [-0.2, -0.15) is 0 Å². The molecule has 2 aromatic carbocycles. The predicted octanol–water partition coefficient (Wildman–Crippen LogP) is 3.07. The normalized spacial score (nSPS) is 13.7. The summed E-state index contributed by atoms with van der Waals surface area (Å²) >= 11 is 0. The van der Waals surface area contributed by atoms with E-state index in [4.69, 9.17) is 9.84 Å². The number of carboxylic acid groups (broad SMARTS) is 1. The lowest BCUT2D eigenvalue weighted by atomic mass is 9.89. The quantitative estimate of drug-likeness (QED) is 0.496. The highest BCUT2D eigenvalue weighted by molar-refractivity contribution is 5.86. The minimum atomic E-state index is -0.930. The molecule has 0 spiro atoms. The maximum atomic E-state index is 12.8. The molecule has 2 aromatic rings. The summed E-state index contributed by atoms with van der Waals surface area (Å²) in [7, 11) is 3.60. The molecular formula is C26H33N3O5. The zero-order chi connectivity index (χ0) is 24.9. The van der Waals surface area contributed by atoms with E-state index in [1.54, 1.807) is 32.8 Å². The third kappa shape index (κ3) is 6.35. The maximum absolute atomic E-state index is 12.8. The maximum Gasteiger partial charge on any atom is 0.407 e. The van der Waals surface area contributed by atoms with Crippen LogP contribution in [0.15, 0.2) is 48.5 Å². The van der Waals surface area contributed by atoms with Gasteiger partial charge >= 0.3 is 12.1 Å². The van der Waals surface area contributed by atoms with Crippen molar-refractivity contribution >= 4 is 18.0 Å². The van der Waals surface area contributed by atoms with Gasteiger partial charge in [0.25, 0.3) is 0 Å². The van der Waals surface area contributed by atoms with Crippen molar-refractivity contribution in [2.45, 2.75) is 32.2 Å². The molecule has 8 heteroatoms. The topological polar surface area (TPSA) is 108 Å². The summed E-state index contributed by atoms with van der Waals surface area (Å²) in [5.41, 5.74) is 3.88. The Morgan fingerprint density at radius 2 is 1.59 bits per heavy atom. The Bertz CT molecular complexity index is 1000. The Morgan fingerprint density at radius 1 is 1.03 bits per heavy atom. The van der Waals surface area contributed by atoms with E-state index in [0.29, 0.717) is 0 Å². The third-order valence-corrected chi connectivity index (χ3v) is 5.87. The Labute approximate surface area is 200 Å². The number of nitrogens with zero attached hydrogens (tertiary/aromatic N) is 1. The van der Waals surface area contributed by atoms with Gasteiger partial charge < -0.3 is 25.4 Å². The largest absolute Gasteiger partial charge is 0.481 e. The van der Waals surface area contributed by atoms with Crippen molar-refractivity contribution in [1.82, 2.24) is 15.5 Å². The van der Waals surface area contributed by atoms with Crippen LogP contribution in [0.2, 0.25) is 0 Å². The van der Waals surface area contributed by atoms with E-state index in [9.17, 15) is 14.4 Å². The fourth-order valence-electron chi connectivity index (χ4n) is 4.26. The van der Waals surface area contributed by atoms with Crippen LogP contribution in [-0.2, 0) is 14.3 Å². The van der Waals surface area contributed by atoms with Gasteiger partial charge in [0, 0.05) is 19.0 Å². The number of hydrogen-bond acceptors (Lipinski definition) is 5. The van der Waals surface area contributed by atoms with Crippen LogP contribution < -0.4 is 10.6 Å². The fraction of sp³-hybridized carbons (Fsp3) is 0.423. The fourth-order valence-corrected chi connectivity index (χ4v) is 4.26. The van der Waals surface area contributed by atoms with Crippen LogP contribution in [0, 0.1) is 5.41 Å². The van der Waals surface area contributed by atoms with E-state index in [1.165, 1.54) is 0 Å². The number of likely N-dealkylation sites (N-methyl/N-ethyl adjacent to an activating group) is 1. The molecule has 182 valence electrons. The first-order valence-corrected chi connectivity index (χ1v) is 11.3. The summed E-state index contributed by atoms with van der Waals surface area (Å²) in [6, 6.07) is 15.3. The molecule has 0 fully saturated rings. The minimum Gasteiger partial charge on any atom is -0.481 e. The summed E-state index contributed by atoms with van der Waals surface area (Å²) in [5.74, 6) is -1.39. The van der Waals surface area contributed by atoms with Crippen LogP contribution in [0.5, 0.6) is 0 Å². The molecule has 1 aliphatic rings. The summed E-state index contributed by atoms with van der Waals surface area (Å²) < 4.78 is 5.57.